The van der Waals surface area contributed by atoms with Crippen LogP contribution in [0.2, 0.25) is 0 Å². The van der Waals surface area contributed by atoms with Crippen molar-refractivity contribution < 1.29 is 0 Å². The number of hydrogen-bond acceptors (Lipinski definition) is 3. The monoisotopic (exact) mass is 411 g/mol. The van der Waals surface area contributed by atoms with E-state index in [1.165, 1.54) is 64.5 Å². The van der Waals surface area contributed by atoms with Gasteiger partial charge in [0.05, 0.1) is 12.2 Å². The zero-order valence-corrected chi connectivity index (χ0v) is 18.4. The van der Waals surface area contributed by atoms with E-state index in [-0.39, 0.29) is 0 Å². The predicted molar refractivity (Wildman–Crippen MR) is 125 cm³/mol. The first-order chi connectivity index (χ1) is 15.0. The van der Waals surface area contributed by atoms with Crippen molar-refractivity contribution in [2.45, 2.75) is 64.6 Å². The molecule has 4 aromatic rings. The molecule has 3 aromatic heterocycles. The van der Waals surface area contributed by atoms with Crippen LogP contribution in [0.25, 0.3) is 33.3 Å². The van der Waals surface area contributed by atoms with Crippen LogP contribution < -0.4 is 5.32 Å². The Kier molecular flexibility index (Phi) is 4.29. The van der Waals surface area contributed by atoms with Gasteiger partial charge in [0, 0.05) is 57.4 Å². The standard InChI is InChI=1S/C26H29N5/c1-15-8-19(9-16(2)28-15)26-17(3)24-7-4-18(10-25(24)30-26)20-13-27-31(14-20)23-11-21-5-6-22(12-23)29-21/h4,7-10,13-14,21-23,29-30H,5-6,11-12H2,1-3H3. The summed E-state index contributed by atoms with van der Waals surface area (Å²) < 4.78 is 2.21. The summed E-state index contributed by atoms with van der Waals surface area (Å²) in [6, 6.07) is 12.9. The second-order valence-electron chi connectivity index (χ2n) is 9.50. The lowest BCUT2D eigenvalue weighted by Gasteiger charge is -2.29. The molecule has 0 radical (unpaired) electrons. The van der Waals surface area contributed by atoms with Gasteiger partial charge in [-0.15, -0.1) is 0 Å². The highest BCUT2D eigenvalue weighted by Gasteiger charge is 2.34. The minimum absolute atomic E-state index is 0.522. The van der Waals surface area contributed by atoms with Gasteiger partial charge in [-0.2, -0.15) is 5.10 Å². The molecule has 2 aliphatic heterocycles. The lowest BCUT2D eigenvalue weighted by molar-refractivity contribution is 0.281. The van der Waals surface area contributed by atoms with Crippen LogP contribution in [0, 0.1) is 20.8 Å². The number of piperidine rings is 1. The Morgan fingerprint density at radius 1 is 0.903 bits per heavy atom. The van der Waals surface area contributed by atoms with Gasteiger partial charge in [0.15, 0.2) is 0 Å². The van der Waals surface area contributed by atoms with Crippen molar-refractivity contribution in [1.29, 1.82) is 0 Å². The molecule has 5 nitrogen and oxygen atoms in total. The van der Waals surface area contributed by atoms with Crippen LogP contribution in [0.1, 0.15) is 48.7 Å². The number of aryl methyl sites for hydroxylation is 3. The third-order valence-electron chi connectivity index (χ3n) is 7.19. The molecule has 2 N–H and O–H groups in total. The van der Waals surface area contributed by atoms with Crippen LogP contribution in [0.15, 0.2) is 42.7 Å². The number of nitrogens with zero attached hydrogens (tertiary/aromatic N) is 3. The molecule has 2 atom stereocenters. The maximum atomic E-state index is 4.75. The molecule has 2 saturated heterocycles. The summed E-state index contributed by atoms with van der Waals surface area (Å²) >= 11 is 0. The normalized spacial score (nSPS) is 23.0. The van der Waals surface area contributed by atoms with Crippen molar-refractivity contribution >= 4 is 10.9 Å². The van der Waals surface area contributed by atoms with Gasteiger partial charge in [0.1, 0.15) is 0 Å². The second kappa shape index (κ2) is 7.06. The zero-order chi connectivity index (χ0) is 21.1. The number of rotatable bonds is 3. The Bertz CT molecular complexity index is 1250. The van der Waals surface area contributed by atoms with Gasteiger partial charge in [0.25, 0.3) is 0 Å². The molecule has 5 heterocycles. The number of H-pyrrole nitrogens is 1. The largest absolute Gasteiger partial charge is 0.354 e. The lowest BCUT2D eigenvalue weighted by atomic mass is 10.00. The molecule has 6 rings (SSSR count). The van der Waals surface area contributed by atoms with Crippen LogP contribution in [0.5, 0.6) is 0 Å². The number of hydrogen-bond donors (Lipinski definition) is 2. The zero-order valence-electron chi connectivity index (χ0n) is 18.4. The number of benzene rings is 1. The molecule has 0 spiro atoms. The maximum Gasteiger partial charge on any atom is 0.0568 e. The molecule has 0 aliphatic carbocycles. The average molecular weight is 412 g/mol. The smallest absolute Gasteiger partial charge is 0.0568 e. The van der Waals surface area contributed by atoms with Crippen molar-refractivity contribution in [3.63, 3.8) is 0 Å². The van der Waals surface area contributed by atoms with E-state index in [1.54, 1.807) is 0 Å². The maximum absolute atomic E-state index is 4.75. The Labute approximate surface area is 182 Å². The summed E-state index contributed by atoms with van der Waals surface area (Å²) in [5.74, 6) is 0. The van der Waals surface area contributed by atoms with Crippen molar-refractivity contribution in [2.75, 3.05) is 0 Å². The summed E-state index contributed by atoms with van der Waals surface area (Å²) in [7, 11) is 0. The van der Waals surface area contributed by atoms with Gasteiger partial charge < -0.3 is 10.3 Å². The van der Waals surface area contributed by atoms with Crippen molar-refractivity contribution in [3.8, 4) is 22.4 Å². The fourth-order valence-electron chi connectivity index (χ4n) is 5.71. The first-order valence-corrected chi connectivity index (χ1v) is 11.4. The molecule has 2 bridgehead atoms. The molecule has 5 heteroatoms. The summed E-state index contributed by atoms with van der Waals surface area (Å²) in [4.78, 5) is 8.20. The number of nitrogens with one attached hydrogen (secondary N) is 2. The number of aromatic amines is 1. The third-order valence-corrected chi connectivity index (χ3v) is 7.19. The van der Waals surface area contributed by atoms with Gasteiger partial charge in [0.2, 0.25) is 0 Å². The lowest BCUT2D eigenvalue weighted by Crippen LogP contribution is -2.38. The molecule has 31 heavy (non-hydrogen) atoms. The van der Waals surface area contributed by atoms with E-state index in [1.807, 2.05) is 6.20 Å². The van der Waals surface area contributed by atoms with Gasteiger partial charge >= 0.3 is 0 Å². The summed E-state index contributed by atoms with van der Waals surface area (Å²) in [6.07, 6.45) is 9.29. The predicted octanol–water partition coefficient (Wildman–Crippen LogP) is 5.47. The Morgan fingerprint density at radius 3 is 2.39 bits per heavy atom. The Hall–Kier alpha value is -2.92. The van der Waals surface area contributed by atoms with E-state index >= 15 is 0 Å². The van der Waals surface area contributed by atoms with E-state index in [0.29, 0.717) is 18.1 Å². The first-order valence-electron chi connectivity index (χ1n) is 11.4. The number of fused-ring (bicyclic) bond motifs is 3. The highest BCUT2D eigenvalue weighted by Crippen LogP contribution is 2.36. The summed E-state index contributed by atoms with van der Waals surface area (Å²) in [6.45, 7) is 6.30. The van der Waals surface area contributed by atoms with Gasteiger partial charge in [-0.1, -0.05) is 12.1 Å². The van der Waals surface area contributed by atoms with E-state index in [4.69, 9.17) is 5.10 Å². The molecule has 2 unspecified atom stereocenters. The number of pyridine rings is 1. The van der Waals surface area contributed by atoms with Crippen LogP contribution in [0.3, 0.4) is 0 Å². The van der Waals surface area contributed by atoms with Crippen LogP contribution in [0.4, 0.5) is 0 Å². The van der Waals surface area contributed by atoms with Gasteiger partial charge in [-0.05, 0) is 75.8 Å². The molecule has 2 fully saturated rings. The first kappa shape index (κ1) is 18.8. The Balaban J connectivity index is 1.34. The van der Waals surface area contributed by atoms with Crippen LogP contribution in [-0.2, 0) is 0 Å². The SMILES string of the molecule is Cc1cc(-c2[nH]c3cc(-c4cnn(C5CC6CCC(C5)N6)c4)ccc3c2C)cc(C)n1. The van der Waals surface area contributed by atoms with Crippen LogP contribution >= 0.6 is 0 Å². The molecule has 0 amide bonds. The highest BCUT2D eigenvalue weighted by atomic mass is 15.3. The van der Waals surface area contributed by atoms with E-state index in [2.05, 4.69) is 77.3 Å². The minimum Gasteiger partial charge on any atom is -0.354 e. The fraction of sp³-hybridized carbons (Fsp3) is 0.385. The van der Waals surface area contributed by atoms with Crippen LogP contribution in [-0.4, -0.2) is 31.8 Å². The van der Waals surface area contributed by atoms with Gasteiger partial charge in [-0.25, -0.2) is 0 Å². The molecule has 158 valence electrons. The average Bonchev–Trinajstić information content (AvgIpc) is 3.45. The fourth-order valence-corrected chi connectivity index (χ4v) is 5.71. The van der Waals surface area contributed by atoms with Gasteiger partial charge in [-0.3, -0.25) is 9.67 Å². The van der Waals surface area contributed by atoms with E-state index in [9.17, 15) is 0 Å². The second-order valence-corrected chi connectivity index (χ2v) is 9.50. The topological polar surface area (TPSA) is 58.5 Å². The molecule has 1 aromatic carbocycles. The Morgan fingerprint density at radius 2 is 1.65 bits per heavy atom. The van der Waals surface area contributed by atoms with E-state index in [0.717, 1.165) is 11.4 Å². The molecular weight excluding hydrogens is 382 g/mol. The van der Waals surface area contributed by atoms with Crippen molar-refractivity contribution in [1.82, 2.24) is 25.1 Å². The van der Waals surface area contributed by atoms with Crippen molar-refractivity contribution in [2.24, 2.45) is 0 Å². The summed E-state index contributed by atoms with van der Waals surface area (Å²) in [5, 5.41) is 9.75. The number of aromatic nitrogens is 4. The molecule has 0 saturated carbocycles. The quantitative estimate of drug-likeness (QED) is 0.470. The molecule has 2 aliphatic rings. The third kappa shape index (κ3) is 3.28. The minimum atomic E-state index is 0.522. The molecular formula is C26H29N5. The highest BCUT2D eigenvalue weighted by molar-refractivity contribution is 5.93. The van der Waals surface area contributed by atoms with E-state index < -0.39 is 0 Å². The van der Waals surface area contributed by atoms with Crippen molar-refractivity contribution in [3.05, 3.63) is 59.7 Å². The summed E-state index contributed by atoms with van der Waals surface area (Å²) in [5.41, 5.74) is 9.34.